The molecule has 5 rings (SSSR count). The minimum absolute atomic E-state index is 0.116. The lowest BCUT2D eigenvalue weighted by Crippen LogP contribution is -2.48. The van der Waals surface area contributed by atoms with Crippen molar-refractivity contribution in [3.8, 4) is 0 Å². The van der Waals surface area contributed by atoms with Gasteiger partial charge in [0.25, 0.3) is 5.91 Å². The number of hydrogen-bond acceptors (Lipinski definition) is 7. The molecule has 1 fully saturated rings. The van der Waals surface area contributed by atoms with Gasteiger partial charge in [-0.3, -0.25) is 9.48 Å². The first-order valence-electron chi connectivity index (χ1n) is 11.4. The molecule has 2 aromatic carbocycles. The van der Waals surface area contributed by atoms with Gasteiger partial charge in [-0.05, 0) is 48.7 Å². The highest BCUT2D eigenvalue weighted by molar-refractivity contribution is 7.90. The molecule has 1 aliphatic heterocycles. The summed E-state index contributed by atoms with van der Waals surface area (Å²) in [4.78, 5) is 19.2. The number of benzene rings is 2. The smallest absolute Gasteiger partial charge is 0.253 e. The third-order valence-corrected chi connectivity index (χ3v) is 9.14. The standard InChI is InChI=1S/C25H26N4O4S2/c1-28-20(9-12-27-28)15-25(31)10-13-29(14-11-25)24(30)19-7-5-18(6-8-19)16-35(32,33)22-4-2-3-21-23(22)26-17-34-21/h2-9,12,17,31H,10-11,13-16H2,1H3. The molecule has 35 heavy (non-hydrogen) atoms. The van der Waals surface area contributed by atoms with E-state index in [2.05, 4.69) is 10.1 Å². The number of sulfone groups is 1. The molecule has 1 N–H and O–H groups in total. The monoisotopic (exact) mass is 510 g/mol. The SMILES string of the molecule is Cn1nccc1CC1(O)CCN(C(=O)c2ccc(CS(=O)(=O)c3cccc4scnc34)cc2)CC1. The van der Waals surface area contributed by atoms with E-state index in [0.717, 1.165) is 10.4 Å². The van der Waals surface area contributed by atoms with Crippen LogP contribution in [0.3, 0.4) is 0 Å². The maximum absolute atomic E-state index is 13.0. The molecule has 0 spiro atoms. The van der Waals surface area contributed by atoms with Gasteiger partial charge in [-0.2, -0.15) is 5.10 Å². The number of fused-ring (bicyclic) bond motifs is 1. The minimum Gasteiger partial charge on any atom is -0.389 e. The highest BCUT2D eigenvalue weighted by Crippen LogP contribution is 2.29. The van der Waals surface area contributed by atoms with Crippen molar-refractivity contribution in [2.75, 3.05) is 13.1 Å². The average Bonchev–Trinajstić information content (AvgIpc) is 3.48. The molecule has 0 atom stereocenters. The fourth-order valence-corrected chi connectivity index (χ4v) is 6.85. The Hall–Kier alpha value is -3.08. The van der Waals surface area contributed by atoms with Crippen LogP contribution < -0.4 is 0 Å². The van der Waals surface area contributed by atoms with Crippen LogP contribution in [0.4, 0.5) is 0 Å². The van der Waals surface area contributed by atoms with Crippen molar-refractivity contribution in [1.82, 2.24) is 19.7 Å². The first kappa shape index (κ1) is 23.7. The van der Waals surface area contributed by atoms with Gasteiger partial charge in [-0.1, -0.05) is 18.2 Å². The Labute approximate surface area is 207 Å². The Balaban J connectivity index is 1.23. The van der Waals surface area contributed by atoms with E-state index in [1.54, 1.807) is 57.7 Å². The number of thiazole rings is 1. The van der Waals surface area contributed by atoms with E-state index >= 15 is 0 Å². The van der Waals surface area contributed by atoms with Gasteiger partial charge < -0.3 is 10.0 Å². The van der Waals surface area contributed by atoms with Crippen LogP contribution in [-0.2, 0) is 29.1 Å². The predicted octanol–water partition coefficient (Wildman–Crippen LogP) is 3.21. The van der Waals surface area contributed by atoms with Crippen LogP contribution in [0.2, 0.25) is 0 Å². The number of carbonyl (C=O) groups is 1. The topological polar surface area (TPSA) is 105 Å². The molecule has 0 aliphatic carbocycles. The fraction of sp³-hybridized carbons (Fsp3) is 0.320. The number of aromatic nitrogens is 3. The van der Waals surface area contributed by atoms with Crippen LogP contribution in [0.1, 0.15) is 34.5 Å². The minimum atomic E-state index is -3.59. The first-order chi connectivity index (χ1) is 16.7. The lowest BCUT2D eigenvalue weighted by atomic mass is 9.86. The Morgan fingerprint density at radius 2 is 1.86 bits per heavy atom. The Morgan fingerprint density at radius 3 is 2.54 bits per heavy atom. The summed E-state index contributed by atoms with van der Waals surface area (Å²) in [6.45, 7) is 0.919. The van der Waals surface area contributed by atoms with Gasteiger partial charge in [0.05, 0.1) is 32.0 Å². The van der Waals surface area contributed by atoms with E-state index in [9.17, 15) is 18.3 Å². The average molecular weight is 511 g/mol. The molecule has 10 heteroatoms. The molecule has 8 nitrogen and oxygen atoms in total. The lowest BCUT2D eigenvalue weighted by molar-refractivity contribution is -0.0174. The zero-order chi connectivity index (χ0) is 24.6. The molecule has 3 heterocycles. The van der Waals surface area contributed by atoms with E-state index < -0.39 is 15.4 Å². The third kappa shape index (κ3) is 4.86. The van der Waals surface area contributed by atoms with Gasteiger partial charge in [-0.25, -0.2) is 13.4 Å². The molecule has 182 valence electrons. The zero-order valence-corrected chi connectivity index (χ0v) is 20.9. The largest absolute Gasteiger partial charge is 0.389 e. The van der Waals surface area contributed by atoms with Crippen LogP contribution >= 0.6 is 11.3 Å². The van der Waals surface area contributed by atoms with Crippen LogP contribution in [0.15, 0.2) is 65.1 Å². The van der Waals surface area contributed by atoms with Crippen LogP contribution in [0.25, 0.3) is 10.2 Å². The van der Waals surface area contributed by atoms with Crippen LogP contribution in [0, 0.1) is 0 Å². The second-order valence-corrected chi connectivity index (χ2v) is 11.9. The maximum Gasteiger partial charge on any atom is 0.253 e. The van der Waals surface area contributed by atoms with Gasteiger partial charge in [0.15, 0.2) is 9.84 Å². The zero-order valence-electron chi connectivity index (χ0n) is 19.3. The molecular formula is C25H26N4O4S2. The van der Waals surface area contributed by atoms with Gasteiger partial charge in [0.1, 0.15) is 0 Å². The van der Waals surface area contributed by atoms with Crippen LogP contribution in [-0.4, -0.2) is 57.8 Å². The lowest BCUT2D eigenvalue weighted by Gasteiger charge is -2.38. The predicted molar refractivity (Wildman–Crippen MR) is 134 cm³/mol. The van der Waals surface area contributed by atoms with E-state index in [-0.39, 0.29) is 16.6 Å². The quantitative estimate of drug-likeness (QED) is 0.427. The summed E-state index contributed by atoms with van der Waals surface area (Å²) in [6, 6.07) is 13.8. The van der Waals surface area contributed by atoms with Crippen molar-refractivity contribution in [3.05, 3.63) is 77.1 Å². The van der Waals surface area contributed by atoms with Gasteiger partial charge in [0.2, 0.25) is 0 Å². The number of likely N-dealkylation sites (tertiary alicyclic amines) is 1. The number of rotatable bonds is 6. The third-order valence-electron chi connectivity index (χ3n) is 6.63. The van der Waals surface area contributed by atoms with Crippen molar-refractivity contribution in [2.45, 2.75) is 35.5 Å². The molecule has 1 saturated heterocycles. The van der Waals surface area contributed by atoms with Crippen molar-refractivity contribution >= 4 is 37.3 Å². The van der Waals surface area contributed by atoms with E-state index in [1.165, 1.54) is 11.3 Å². The second-order valence-electron chi connectivity index (χ2n) is 9.05. The molecule has 2 aromatic heterocycles. The van der Waals surface area contributed by atoms with Gasteiger partial charge in [-0.15, -0.1) is 11.3 Å². The molecule has 1 aliphatic rings. The van der Waals surface area contributed by atoms with E-state index in [1.807, 2.05) is 19.2 Å². The molecule has 4 aromatic rings. The van der Waals surface area contributed by atoms with E-state index in [0.29, 0.717) is 49.0 Å². The summed E-state index contributed by atoms with van der Waals surface area (Å²) in [6.07, 6.45) is 3.19. The van der Waals surface area contributed by atoms with Gasteiger partial charge in [0, 0.05) is 44.0 Å². The molecule has 0 bridgehead atoms. The number of aryl methyl sites for hydroxylation is 1. The van der Waals surface area contributed by atoms with Gasteiger partial charge >= 0.3 is 0 Å². The van der Waals surface area contributed by atoms with Crippen molar-refractivity contribution in [1.29, 1.82) is 0 Å². The Morgan fingerprint density at radius 1 is 1.11 bits per heavy atom. The molecule has 0 saturated carbocycles. The second kappa shape index (κ2) is 9.18. The fourth-order valence-electron chi connectivity index (χ4n) is 4.55. The molecule has 1 amide bonds. The normalized spacial score (nSPS) is 16.0. The Kier molecular flexibility index (Phi) is 6.20. The number of amides is 1. The molecular weight excluding hydrogens is 484 g/mol. The number of piperidine rings is 1. The number of hydrogen-bond donors (Lipinski definition) is 1. The highest BCUT2D eigenvalue weighted by atomic mass is 32.2. The van der Waals surface area contributed by atoms with Crippen molar-refractivity contribution in [3.63, 3.8) is 0 Å². The number of nitrogens with zero attached hydrogens (tertiary/aromatic N) is 4. The number of aliphatic hydroxyl groups is 1. The number of carbonyl (C=O) groups excluding carboxylic acids is 1. The van der Waals surface area contributed by atoms with Crippen molar-refractivity contribution < 1.29 is 18.3 Å². The molecule has 0 radical (unpaired) electrons. The summed E-state index contributed by atoms with van der Waals surface area (Å²) in [5, 5.41) is 15.1. The summed E-state index contributed by atoms with van der Waals surface area (Å²) in [7, 11) is -1.73. The van der Waals surface area contributed by atoms with Crippen molar-refractivity contribution in [2.24, 2.45) is 7.05 Å². The summed E-state index contributed by atoms with van der Waals surface area (Å²) < 4.78 is 28.7. The summed E-state index contributed by atoms with van der Waals surface area (Å²) in [5.74, 6) is -0.280. The maximum atomic E-state index is 13.0. The highest BCUT2D eigenvalue weighted by Gasteiger charge is 2.35. The summed E-state index contributed by atoms with van der Waals surface area (Å²) >= 11 is 1.41. The van der Waals surface area contributed by atoms with Crippen LogP contribution in [0.5, 0.6) is 0 Å². The summed E-state index contributed by atoms with van der Waals surface area (Å²) in [5.41, 5.74) is 3.36. The first-order valence-corrected chi connectivity index (χ1v) is 13.9. The molecule has 0 unspecified atom stereocenters. The van der Waals surface area contributed by atoms with E-state index in [4.69, 9.17) is 0 Å². The Bertz CT molecular complexity index is 1470. The number of para-hydroxylation sites is 1.